The molecule has 1 heterocycles. The van der Waals surface area contributed by atoms with Crippen molar-refractivity contribution >= 4 is 0 Å². The third-order valence-electron chi connectivity index (χ3n) is 4.72. The molecule has 1 aliphatic carbocycles. The van der Waals surface area contributed by atoms with Gasteiger partial charge in [0.1, 0.15) is 0 Å². The topological polar surface area (TPSA) is 21.7 Å². The van der Waals surface area contributed by atoms with E-state index in [1.54, 1.807) is 0 Å². The second kappa shape index (κ2) is 5.68. The Morgan fingerprint density at radius 2 is 1.82 bits per heavy atom. The summed E-state index contributed by atoms with van der Waals surface area (Å²) in [6, 6.07) is 0.741. The van der Waals surface area contributed by atoms with E-state index in [-0.39, 0.29) is 0 Å². The molecule has 0 amide bonds. The summed E-state index contributed by atoms with van der Waals surface area (Å²) < 4.78 is 11.1. The van der Waals surface area contributed by atoms with E-state index in [1.165, 1.54) is 25.8 Å². The van der Waals surface area contributed by atoms with Crippen LogP contribution in [0, 0.1) is 11.8 Å². The second-order valence-electron chi connectivity index (χ2n) is 5.95. The van der Waals surface area contributed by atoms with Gasteiger partial charge >= 0.3 is 0 Å². The van der Waals surface area contributed by atoms with Crippen molar-refractivity contribution < 1.29 is 9.47 Å². The molecule has 2 aliphatic rings. The predicted molar refractivity (Wildman–Crippen MR) is 69.1 cm³/mol. The third kappa shape index (κ3) is 2.83. The fourth-order valence-electron chi connectivity index (χ4n) is 3.33. The zero-order chi connectivity index (χ0) is 12.4. The van der Waals surface area contributed by atoms with Crippen molar-refractivity contribution in [3.63, 3.8) is 0 Å². The lowest BCUT2D eigenvalue weighted by molar-refractivity contribution is -0.0807. The number of nitrogens with zero attached hydrogens (tertiary/aromatic N) is 1. The van der Waals surface area contributed by atoms with Gasteiger partial charge in [-0.3, -0.25) is 4.90 Å². The molecule has 1 aliphatic heterocycles. The van der Waals surface area contributed by atoms with Gasteiger partial charge in [0.05, 0.1) is 12.2 Å². The zero-order valence-electron chi connectivity index (χ0n) is 11.7. The lowest BCUT2D eigenvalue weighted by Crippen LogP contribution is -2.55. The standard InChI is InChI=1S/C14H27NO2/c1-10(2)13-5-6-15(9-14(13)17-4)11-7-12(8-11)16-3/h10-14H,5-9H2,1-4H3/t11-,12-,13-,14+/m0/s1. The van der Waals surface area contributed by atoms with E-state index in [0.29, 0.717) is 12.2 Å². The summed E-state index contributed by atoms with van der Waals surface area (Å²) in [5.74, 6) is 1.46. The number of methoxy groups -OCH3 is 2. The summed E-state index contributed by atoms with van der Waals surface area (Å²) in [7, 11) is 3.69. The monoisotopic (exact) mass is 241 g/mol. The number of likely N-dealkylation sites (tertiary alicyclic amines) is 1. The van der Waals surface area contributed by atoms with E-state index in [0.717, 1.165) is 24.4 Å². The molecule has 1 saturated carbocycles. The smallest absolute Gasteiger partial charge is 0.0729 e. The number of ether oxygens (including phenoxy) is 2. The number of hydrogen-bond acceptors (Lipinski definition) is 3. The van der Waals surface area contributed by atoms with Crippen LogP contribution >= 0.6 is 0 Å². The lowest BCUT2D eigenvalue weighted by Gasteiger charge is -2.48. The van der Waals surface area contributed by atoms with Gasteiger partial charge in [0, 0.05) is 26.8 Å². The Kier molecular flexibility index (Phi) is 4.45. The van der Waals surface area contributed by atoms with Crippen LogP contribution in [-0.4, -0.2) is 50.5 Å². The number of piperidine rings is 1. The van der Waals surface area contributed by atoms with Gasteiger partial charge in [-0.2, -0.15) is 0 Å². The first kappa shape index (κ1) is 13.3. The van der Waals surface area contributed by atoms with E-state index < -0.39 is 0 Å². The third-order valence-corrected chi connectivity index (χ3v) is 4.72. The maximum atomic E-state index is 5.69. The van der Waals surface area contributed by atoms with Gasteiger partial charge < -0.3 is 9.47 Å². The first-order chi connectivity index (χ1) is 8.15. The molecular weight excluding hydrogens is 214 g/mol. The summed E-state index contributed by atoms with van der Waals surface area (Å²) in [4.78, 5) is 2.61. The molecule has 2 rings (SSSR count). The van der Waals surface area contributed by atoms with Crippen LogP contribution in [0.25, 0.3) is 0 Å². The van der Waals surface area contributed by atoms with E-state index in [2.05, 4.69) is 18.7 Å². The van der Waals surface area contributed by atoms with Crippen molar-refractivity contribution in [1.29, 1.82) is 0 Å². The Morgan fingerprint density at radius 3 is 2.35 bits per heavy atom. The Labute approximate surface area is 105 Å². The summed E-state index contributed by atoms with van der Waals surface area (Å²) in [5.41, 5.74) is 0. The SMILES string of the molecule is CO[C@@H]1CN([C@H]2C[C@H](OC)C2)CC[C@H]1C(C)C. The molecule has 100 valence electrons. The molecule has 0 bridgehead atoms. The average Bonchev–Trinajstić information content (AvgIpc) is 2.27. The molecule has 0 aromatic rings. The molecular formula is C14H27NO2. The summed E-state index contributed by atoms with van der Waals surface area (Å²) in [5, 5.41) is 0. The fraction of sp³-hybridized carbons (Fsp3) is 1.00. The first-order valence-corrected chi connectivity index (χ1v) is 6.95. The molecule has 0 radical (unpaired) electrons. The van der Waals surface area contributed by atoms with Crippen LogP contribution in [0.1, 0.15) is 33.1 Å². The van der Waals surface area contributed by atoms with Gasteiger partial charge in [0.25, 0.3) is 0 Å². The van der Waals surface area contributed by atoms with Crippen LogP contribution < -0.4 is 0 Å². The summed E-state index contributed by atoms with van der Waals surface area (Å²) in [6.07, 6.45) is 4.62. The van der Waals surface area contributed by atoms with Crippen LogP contribution in [0.3, 0.4) is 0 Å². The molecule has 2 fully saturated rings. The Bertz CT molecular complexity index is 238. The Hall–Kier alpha value is -0.120. The largest absolute Gasteiger partial charge is 0.381 e. The molecule has 3 heteroatoms. The highest BCUT2D eigenvalue weighted by molar-refractivity contribution is 4.92. The van der Waals surface area contributed by atoms with Crippen molar-refractivity contribution in [2.24, 2.45) is 11.8 Å². The molecule has 1 saturated heterocycles. The van der Waals surface area contributed by atoms with Crippen LogP contribution in [0.2, 0.25) is 0 Å². The quantitative estimate of drug-likeness (QED) is 0.753. The summed E-state index contributed by atoms with van der Waals surface area (Å²) in [6.45, 7) is 6.98. The Morgan fingerprint density at radius 1 is 1.12 bits per heavy atom. The van der Waals surface area contributed by atoms with Crippen LogP contribution in [-0.2, 0) is 9.47 Å². The minimum absolute atomic E-state index is 0.422. The van der Waals surface area contributed by atoms with Gasteiger partial charge in [-0.05, 0) is 37.6 Å². The van der Waals surface area contributed by atoms with Crippen LogP contribution in [0.15, 0.2) is 0 Å². The van der Waals surface area contributed by atoms with Gasteiger partial charge in [0.2, 0.25) is 0 Å². The van der Waals surface area contributed by atoms with E-state index in [9.17, 15) is 0 Å². The van der Waals surface area contributed by atoms with Crippen molar-refractivity contribution in [2.75, 3.05) is 27.3 Å². The van der Waals surface area contributed by atoms with E-state index in [1.807, 2.05) is 14.2 Å². The van der Waals surface area contributed by atoms with Gasteiger partial charge in [-0.1, -0.05) is 13.8 Å². The van der Waals surface area contributed by atoms with Gasteiger partial charge in [0.15, 0.2) is 0 Å². The normalized spacial score (nSPS) is 39.4. The molecule has 0 spiro atoms. The molecule has 2 atom stereocenters. The van der Waals surface area contributed by atoms with Crippen molar-refractivity contribution in [3.8, 4) is 0 Å². The zero-order valence-corrected chi connectivity index (χ0v) is 11.7. The predicted octanol–water partition coefficient (Wildman–Crippen LogP) is 2.16. The van der Waals surface area contributed by atoms with Crippen molar-refractivity contribution in [2.45, 2.75) is 51.4 Å². The fourth-order valence-corrected chi connectivity index (χ4v) is 3.33. The molecule has 0 aromatic heterocycles. The molecule has 3 nitrogen and oxygen atoms in total. The van der Waals surface area contributed by atoms with Crippen molar-refractivity contribution in [1.82, 2.24) is 4.90 Å². The Balaban J connectivity index is 1.84. The van der Waals surface area contributed by atoms with E-state index in [4.69, 9.17) is 9.47 Å². The first-order valence-electron chi connectivity index (χ1n) is 6.95. The van der Waals surface area contributed by atoms with Gasteiger partial charge in [-0.15, -0.1) is 0 Å². The van der Waals surface area contributed by atoms with Gasteiger partial charge in [-0.25, -0.2) is 0 Å². The van der Waals surface area contributed by atoms with E-state index >= 15 is 0 Å². The highest BCUT2D eigenvalue weighted by atomic mass is 16.5. The van der Waals surface area contributed by atoms with Crippen molar-refractivity contribution in [3.05, 3.63) is 0 Å². The molecule has 0 unspecified atom stereocenters. The maximum absolute atomic E-state index is 5.69. The highest BCUT2D eigenvalue weighted by Gasteiger charge is 2.39. The minimum atomic E-state index is 0.422. The minimum Gasteiger partial charge on any atom is -0.381 e. The number of hydrogen-bond donors (Lipinski definition) is 0. The molecule has 0 N–H and O–H groups in total. The van der Waals surface area contributed by atoms with Crippen LogP contribution in [0.5, 0.6) is 0 Å². The summed E-state index contributed by atoms with van der Waals surface area (Å²) >= 11 is 0. The second-order valence-corrected chi connectivity index (χ2v) is 5.95. The lowest BCUT2D eigenvalue weighted by atomic mass is 9.81. The highest BCUT2D eigenvalue weighted by Crippen LogP contribution is 2.33. The molecule has 0 aromatic carbocycles. The number of rotatable bonds is 4. The average molecular weight is 241 g/mol. The molecule has 17 heavy (non-hydrogen) atoms. The maximum Gasteiger partial charge on any atom is 0.0729 e. The van der Waals surface area contributed by atoms with Crippen LogP contribution in [0.4, 0.5) is 0 Å².